The van der Waals surface area contributed by atoms with E-state index in [-0.39, 0.29) is 40.9 Å². The Hall–Kier alpha value is -2.66. The van der Waals surface area contributed by atoms with E-state index >= 15 is 0 Å². The van der Waals surface area contributed by atoms with Crippen molar-refractivity contribution in [1.29, 1.82) is 0 Å². The Morgan fingerprint density at radius 1 is 1.00 bits per heavy atom. The fraction of sp³-hybridized carbons (Fsp3) is 0.318. The van der Waals surface area contributed by atoms with Crippen LogP contribution in [0.25, 0.3) is 11.3 Å². The van der Waals surface area contributed by atoms with Crippen LogP contribution in [0.4, 0.5) is 0 Å². The topological polar surface area (TPSA) is 62.9 Å². The molecule has 6 rings (SSSR count). The molecule has 1 saturated heterocycles. The third-order valence-electron chi connectivity index (χ3n) is 6.89. The normalized spacial score (nSPS) is 31.5. The summed E-state index contributed by atoms with van der Waals surface area (Å²) >= 11 is 5.92. The molecule has 140 valence electrons. The first-order chi connectivity index (χ1) is 13.6. The fourth-order valence-electron chi connectivity index (χ4n) is 5.48. The van der Waals surface area contributed by atoms with E-state index in [0.717, 1.165) is 23.4 Å². The summed E-state index contributed by atoms with van der Waals surface area (Å²) in [5.41, 5.74) is 1.09. The van der Waals surface area contributed by atoms with E-state index in [9.17, 15) is 9.59 Å². The van der Waals surface area contributed by atoms with Crippen molar-refractivity contribution in [2.45, 2.75) is 12.8 Å². The molecule has 1 spiro atoms. The van der Waals surface area contributed by atoms with Crippen molar-refractivity contribution in [2.24, 2.45) is 34.2 Å². The lowest BCUT2D eigenvalue weighted by molar-refractivity contribution is -0.141. The molecule has 0 radical (unpaired) electrons. The number of furan rings is 1. The average Bonchev–Trinajstić information content (AvgIpc) is 2.97. The van der Waals surface area contributed by atoms with Gasteiger partial charge in [0.15, 0.2) is 0 Å². The smallest absolute Gasteiger partial charge is 0.254 e. The summed E-state index contributed by atoms with van der Waals surface area (Å²) in [4.78, 5) is 25.8. The molecule has 2 amide bonds. The van der Waals surface area contributed by atoms with Crippen molar-refractivity contribution in [3.05, 3.63) is 59.3 Å². The van der Waals surface area contributed by atoms with Crippen molar-refractivity contribution in [2.75, 3.05) is 0 Å². The van der Waals surface area contributed by atoms with E-state index in [1.54, 1.807) is 18.2 Å². The third-order valence-corrected chi connectivity index (χ3v) is 7.14. The molecule has 28 heavy (non-hydrogen) atoms. The Bertz CT molecular complexity index is 1030. The number of allylic oxidation sites excluding steroid dienone is 2. The molecule has 5 nitrogen and oxygen atoms in total. The second kappa shape index (κ2) is 5.45. The van der Waals surface area contributed by atoms with E-state index < -0.39 is 0 Å². The molecule has 2 aromatic rings. The minimum Gasteiger partial charge on any atom is -0.455 e. The number of hydrogen-bond donors (Lipinski definition) is 0. The number of halogens is 1. The maximum absolute atomic E-state index is 12.9. The van der Waals surface area contributed by atoms with Gasteiger partial charge in [-0.05, 0) is 66.5 Å². The van der Waals surface area contributed by atoms with E-state index in [2.05, 4.69) is 17.3 Å². The maximum Gasteiger partial charge on any atom is 0.254 e. The molecule has 4 atom stereocenters. The van der Waals surface area contributed by atoms with E-state index in [1.807, 2.05) is 18.2 Å². The van der Waals surface area contributed by atoms with Crippen molar-refractivity contribution in [3.8, 4) is 11.3 Å². The number of amides is 2. The van der Waals surface area contributed by atoms with Crippen LogP contribution in [0.2, 0.25) is 5.02 Å². The molecule has 2 heterocycles. The summed E-state index contributed by atoms with van der Waals surface area (Å²) in [7, 11) is 0. The van der Waals surface area contributed by atoms with Crippen LogP contribution < -0.4 is 0 Å². The number of carbonyl (C=O) groups excluding carboxylic acids is 2. The second-order valence-electron chi connectivity index (χ2n) is 8.16. The molecule has 3 fully saturated rings. The van der Waals surface area contributed by atoms with Gasteiger partial charge in [0, 0.05) is 10.6 Å². The van der Waals surface area contributed by atoms with E-state index in [0.29, 0.717) is 16.5 Å². The molecule has 0 N–H and O–H groups in total. The number of imide groups is 1. The van der Waals surface area contributed by atoms with Crippen LogP contribution >= 0.6 is 11.6 Å². The molecule has 1 aromatic carbocycles. The van der Waals surface area contributed by atoms with Crippen molar-refractivity contribution in [1.82, 2.24) is 5.01 Å². The molecule has 1 aliphatic heterocycles. The summed E-state index contributed by atoms with van der Waals surface area (Å²) in [6, 6.07) is 10.9. The highest BCUT2D eigenvalue weighted by Gasteiger charge is 2.73. The van der Waals surface area contributed by atoms with Gasteiger partial charge in [-0.25, -0.2) is 0 Å². The minimum atomic E-state index is -0.233. The van der Waals surface area contributed by atoms with Crippen LogP contribution in [0.3, 0.4) is 0 Å². The van der Waals surface area contributed by atoms with Crippen molar-refractivity contribution in [3.63, 3.8) is 0 Å². The molecule has 6 heteroatoms. The lowest BCUT2D eigenvalue weighted by Crippen LogP contribution is -2.30. The highest BCUT2D eigenvalue weighted by molar-refractivity contribution is 6.30. The maximum atomic E-state index is 12.9. The Morgan fingerprint density at radius 2 is 1.64 bits per heavy atom. The minimum absolute atomic E-state index is 0.168. The number of nitrogens with zero attached hydrogens (tertiary/aromatic N) is 2. The van der Waals surface area contributed by atoms with Crippen LogP contribution in [-0.2, 0) is 9.59 Å². The third kappa shape index (κ3) is 2.05. The summed E-state index contributed by atoms with van der Waals surface area (Å²) in [6.07, 6.45) is 8.01. The molecular formula is C22H17ClN2O3. The molecule has 4 aliphatic rings. The van der Waals surface area contributed by atoms with Gasteiger partial charge in [0.05, 0.1) is 18.1 Å². The van der Waals surface area contributed by atoms with Gasteiger partial charge >= 0.3 is 0 Å². The number of hydrogen-bond acceptors (Lipinski definition) is 4. The average molecular weight is 393 g/mol. The van der Waals surface area contributed by atoms with Gasteiger partial charge in [-0.1, -0.05) is 23.8 Å². The first kappa shape index (κ1) is 16.3. The number of carbonyl (C=O) groups is 2. The van der Waals surface area contributed by atoms with Gasteiger partial charge in [-0.2, -0.15) is 10.1 Å². The molecule has 3 aliphatic carbocycles. The lowest BCUT2D eigenvalue weighted by atomic mass is 9.85. The summed E-state index contributed by atoms with van der Waals surface area (Å²) in [5.74, 6) is 0.775. The van der Waals surface area contributed by atoms with Gasteiger partial charge in [0.2, 0.25) is 0 Å². The van der Waals surface area contributed by atoms with Crippen LogP contribution in [-0.4, -0.2) is 23.0 Å². The number of fused-ring (bicyclic) bond motifs is 3. The van der Waals surface area contributed by atoms with E-state index in [1.165, 1.54) is 6.21 Å². The van der Waals surface area contributed by atoms with E-state index in [4.69, 9.17) is 16.0 Å². The molecule has 2 bridgehead atoms. The standard InChI is InChI=1S/C22H17ClN2O3/c23-13-3-1-12(2-4-13)17-8-5-14(28-17)11-24-25-20(26)18-15-6-7-16(19(18)21(25)27)22(15)9-10-22/h1-8,11,15-16,18-19H,9-10H2/b24-11+. The molecular weight excluding hydrogens is 376 g/mol. The highest BCUT2D eigenvalue weighted by atomic mass is 35.5. The zero-order chi connectivity index (χ0) is 19.0. The van der Waals surface area contributed by atoms with Crippen LogP contribution in [0, 0.1) is 29.1 Å². The summed E-state index contributed by atoms with van der Waals surface area (Å²) in [5, 5.41) is 5.91. The van der Waals surface area contributed by atoms with Crippen LogP contribution in [0.15, 0.2) is 58.1 Å². The zero-order valence-electron chi connectivity index (χ0n) is 14.9. The largest absolute Gasteiger partial charge is 0.455 e. The monoisotopic (exact) mass is 392 g/mol. The second-order valence-corrected chi connectivity index (χ2v) is 8.60. The predicted molar refractivity (Wildman–Crippen MR) is 103 cm³/mol. The van der Waals surface area contributed by atoms with Crippen molar-refractivity contribution < 1.29 is 14.0 Å². The zero-order valence-corrected chi connectivity index (χ0v) is 15.7. The molecule has 2 saturated carbocycles. The number of rotatable bonds is 3. The Kier molecular flexibility index (Phi) is 3.17. The van der Waals surface area contributed by atoms with Crippen LogP contribution in [0.1, 0.15) is 18.6 Å². The SMILES string of the molecule is O=C1C2C(C(=O)N1/N=C/c1ccc(-c3ccc(Cl)cc3)o1)C1C=CC2C12CC2. The van der Waals surface area contributed by atoms with Gasteiger partial charge in [0.25, 0.3) is 11.8 Å². The highest BCUT2D eigenvalue weighted by Crippen LogP contribution is 2.73. The van der Waals surface area contributed by atoms with Gasteiger partial charge in [-0.3, -0.25) is 9.59 Å². The quantitative estimate of drug-likeness (QED) is 0.448. The Morgan fingerprint density at radius 3 is 2.25 bits per heavy atom. The predicted octanol–water partition coefficient (Wildman–Crippen LogP) is 4.13. The van der Waals surface area contributed by atoms with Gasteiger partial charge in [-0.15, -0.1) is 0 Å². The van der Waals surface area contributed by atoms with Gasteiger partial charge < -0.3 is 4.42 Å². The Labute approximate surface area is 166 Å². The van der Waals surface area contributed by atoms with Crippen LogP contribution in [0.5, 0.6) is 0 Å². The number of hydrazone groups is 1. The Balaban J connectivity index is 1.24. The van der Waals surface area contributed by atoms with Gasteiger partial charge in [0.1, 0.15) is 11.5 Å². The fourth-order valence-corrected chi connectivity index (χ4v) is 5.61. The molecule has 4 unspecified atom stereocenters. The first-order valence-corrected chi connectivity index (χ1v) is 9.92. The summed E-state index contributed by atoms with van der Waals surface area (Å²) in [6.45, 7) is 0. The number of benzene rings is 1. The lowest BCUT2D eigenvalue weighted by Gasteiger charge is -2.18. The molecule has 1 aromatic heterocycles. The summed E-state index contributed by atoms with van der Waals surface area (Å²) < 4.78 is 5.78. The first-order valence-electron chi connectivity index (χ1n) is 9.54. The van der Waals surface area contributed by atoms with Crippen molar-refractivity contribution >= 4 is 29.6 Å².